The molecular formula is C10H14N2O2. The zero-order valence-corrected chi connectivity index (χ0v) is 7.90. The normalized spacial score (nSPS) is 9.79. The molecule has 0 aliphatic rings. The average Bonchev–Trinajstić information content (AvgIpc) is 2.17. The van der Waals surface area contributed by atoms with Gasteiger partial charge in [-0.3, -0.25) is 0 Å². The fourth-order valence-corrected chi connectivity index (χ4v) is 1.25. The van der Waals surface area contributed by atoms with Crippen LogP contribution >= 0.6 is 0 Å². The minimum absolute atomic E-state index is 0.214. The van der Waals surface area contributed by atoms with Crippen LogP contribution in [0.1, 0.15) is 11.1 Å². The van der Waals surface area contributed by atoms with E-state index < -0.39 is 6.09 Å². The third-order valence-electron chi connectivity index (χ3n) is 1.90. The second-order valence-electron chi connectivity index (χ2n) is 2.92. The van der Waals surface area contributed by atoms with Gasteiger partial charge >= 0.3 is 6.09 Å². The zero-order chi connectivity index (χ0) is 10.4. The van der Waals surface area contributed by atoms with E-state index in [1.807, 2.05) is 24.3 Å². The summed E-state index contributed by atoms with van der Waals surface area (Å²) in [5.41, 5.74) is 12.4. The van der Waals surface area contributed by atoms with Gasteiger partial charge in [0.25, 0.3) is 0 Å². The fraction of sp³-hybridized carbons (Fsp3) is 0.300. The van der Waals surface area contributed by atoms with Crippen molar-refractivity contribution in [3.05, 3.63) is 35.4 Å². The molecule has 0 unspecified atom stereocenters. The SMILES string of the molecule is NCCc1ccccc1COC(N)=O. The molecule has 0 bridgehead atoms. The molecule has 4 nitrogen and oxygen atoms in total. The third-order valence-corrected chi connectivity index (χ3v) is 1.90. The predicted molar refractivity (Wildman–Crippen MR) is 53.6 cm³/mol. The second-order valence-corrected chi connectivity index (χ2v) is 2.92. The summed E-state index contributed by atoms with van der Waals surface area (Å²) in [6, 6.07) is 7.68. The average molecular weight is 194 g/mol. The number of carbonyl (C=O) groups is 1. The quantitative estimate of drug-likeness (QED) is 0.743. The van der Waals surface area contributed by atoms with E-state index in [0.717, 1.165) is 17.5 Å². The van der Waals surface area contributed by atoms with Crippen LogP contribution in [-0.2, 0) is 17.8 Å². The first-order chi connectivity index (χ1) is 6.74. The van der Waals surface area contributed by atoms with Crippen molar-refractivity contribution in [2.24, 2.45) is 11.5 Å². The van der Waals surface area contributed by atoms with Crippen molar-refractivity contribution in [1.82, 2.24) is 0 Å². The first-order valence-electron chi connectivity index (χ1n) is 4.43. The van der Waals surface area contributed by atoms with Crippen LogP contribution in [0.3, 0.4) is 0 Å². The lowest BCUT2D eigenvalue weighted by Crippen LogP contribution is -2.14. The Balaban J connectivity index is 2.68. The highest BCUT2D eigenvalue weighted by atomic mass is 16.5. The van der Waals surface area contributed by atoms with Gasteiger partial charge in [-0.1, -0.05) is 24.3 Å². The molecule has 0 atom stereocenters. The van der Waals surface area contributed by atoms with Crippen LogP contribution in [0, 0.1) is 0 Å². The van der Waals surface area contributed by atoms with Gasteiger partial charge in [0, 0.05) is 0 Å². The van der Waals surface area contributed by atoms with Gasteiger partial charge in [-0.2, -0.15) is 0 Å². The first-order valence-corrected chi connectivity index (χ1v) is 4.43. The van der Waals surface area contributed by atoms with E-state index in [9.17, 15) is 4.79 Å². The fourth-order valence-electron chi connectivity index (χ4n) is 1.25. The number of benzene rings is 1. The highest BCUT2D eigenvalue weighted by Crippen LogP contribution is 2.10. The molecule has 0 saturated carbocycles. The van der Waals surface area contributed by atoms with E-state index in [1.165, 1.54) is 0 Å². The number of ether oxygens (including phenoxy) is 1. The Hall–Kier alpha value is -1.55. The highest BCUT2D eigenvalue weighted by Gasteiger charge is 2.02. The number of amides is 1. The van der Waals surface area contributed by atoms with Crippen LogP contribution in [-0.4, -0.2) is 12.6 Å². The van der Waals surface area contributed by atoms with Gasteiger partial charge in [0.15, 0.2) is 0 Å². The van der Waals surface area contributed by atoms with Crippen LogP contribution in [0.4, 0.5) is 4.79 Å². The van der Waals surface area contributed by atoms with Crippen LogP contribution < -0.4 is 11.5 Å². The Kier molecular flexibility index (Phi) is 3.94. The largest absolute Gasteiger partial charge is 0.445 e. The lowest BCUT2D eigenvalue weighted by Gasteiger charge is -2.07. The Morgan fingerprint density at radius 3 is 2.50 bits per heavy atom. The van der Waals surface area contributed by atoms with Crippen molar-refractivity contribution < 1.29 is 9.53 Å². The molecule has 0 saturated heterocycles. The van der Waals surface area contributed by atoms with Crippen molar-refractivity contribution in [3.63, 3.8) is 0 Å². The molecule has 4 N–H and O–H groups in total. The van der Waals surface area contributed by atoms with E-state index in [2.05, 4.69) is 0 Å². The first kappa shape index (κ1) is 10.5. The maximum Gasteiger partial charge on any atom is 0.404 e. The highest BCUT2D eigenvalue weighted by molar-refractivity contribution is 5.64. The smallest absolute Gasteiger partial charge is 0.404 e. The Bertz CT molecular complexity index is 313. The summed E-state index contributed by atoms with van der Waals surface area (Å²) >= 11 is 0. The Morgan fingerprint density at radius 1 is 1.29 bits per heavy atom. The lowest BCUT2D eigenvalue weighted by atomic mass is 10.1. The molecule has 4 heteroatoms. The Morgan fingerprint density at radius 2 is 1.93 bits per heavy atom. The lowest BCUT2D eigenvalue weighted by molar-refractivity contribution is 0.150. The summed E-state index contributed by atoms with van der Waals surface area (Å²) in [6.45, 7) is 0.791. The molecule has 1 amide bonds. The van der Waals surface area contributed by atoms with Gasteiger partial charge in [-0.15, -0.1) is 0 Å². The van der Waals surface area contributed by atoms with Crippen molar-refractivity contribution >= 4 is 6.09 Å². The van der Waals surface area contributed by atoms with Gasteiger partial charge < -0.3 is 16.2 Å². The van der Waals surface area contributed by atoms with Gasteiger partial charge in [0.2, 0.25) is 0 Å². The van der Waals surface area contributed by atoms with E-state index in [0.29, 0.717) is 6.54 Å². The van der Waals surface area contributed by atoms with Gasteiger partial charge in [0.05, 0.1) is 0 Å². The summed E-state index contributed by atoms with van der Waals surface area (Å²) in [6.07, 6.45) is 0.0192. The van der Waals surface area contributed by atoms with Crippen LogP contribution in [0.2, 0.25) is 0 Å². The molecule has 0 heterocycles. The van der Waals surface area contributed by atoms with Crippen molar-refractivity contribution in [2.45, 2.75) is 13.0 Å². The topological polar surface area (TPSA) is 78.3 Å². The predicted octanol–water partition coefficient (Wildman–Crippen LogP) is 0.783. The zero-order valence-electron chi connectivity index (χ0n) is 7.90. The van der Waals surface area contributed by atoms with E-state index in [-0.39, 0.29) is 6.61 Å². The van der Waals surface area contributed by atoms with Crippen molar-refractivity contribution in [1.29, 1.82) is 0 Å². The molecule has 0 aromatic heterocycles. The number of primary amides is 1. The standard InChI is InChI=1S/C10H14N2O2/c11-6-5-8-3-1-2-4-9(8)7-14-10(12)13/h1-4H,5-7,11H2,(H2,12,13). The molecule has 0 spiro atoms. The number of hydrogen-bond acceptors (Lipinski definition) is 3. The molecule has 1 aromatic rings. The summed E-state index contributed by atoms with van der Waals surface area (Å²) in [5.74, 6) is 0. The number of rotatable bonds is 4. The molecule has 1 aromatic carbocycles. The number of carbonyl (C=O) groups excluding carboxylic acids is 1. The summed E-state index contributed by atoms with van der Waals surface area (Å²) in [7, 11) is 0. The Labute approximate surface area is 82.8 Å². The molecule has 0 fully saturated rings. The van der Waals surface area contributed by atoms with E-state index in [1.54, 1.807) is 0 Å². The van der Waals surface area contributed by atoms with Crippen molar-refractivity contribution in [2.75, 3.05) is 6.54 Å². The van der Waals surface area contributed by atoms with Crippen LogP contribution in [0.5, 0.6) is 0 Å². The second kappa shape index (κ2) is 5.24. The molecular weight excluding hydrogens is 180 g/mol. The van der Waals surface area contributed by atoms with Crippen molar-refractivity contribution in [3.8, 4) is 0 Å². The van der Waals surface area contributed by atoms with E-state index >= 15 is 0 Å². The number of nitrogens with two attached hydrogens (primary N) is 2. The number of hydrogen-bond donors (Lipinski definition) is 2. The minimum atomic E-state index is -0.757. The molecule has 0 aliphatic heterocycles. The van der Waals surface area contributed by atoms with Gasteiger partial charge in [0.1, 0.15) is 6.61 Å². The summed E-state index contributed by atoms with van der Waals surface area (Å²) < 4.78 is 4.71. The maximum absolute atomic E-state index is 10.4. The minimum Gasteiger partial charge on any atom is -0.445 e. The van der Waals surface area contributed by atoms with Crippen LogP contribution in [0.15, 0.2) is 24.3 Å². The molecule has 0 aliphatic carbocycles. The monoisotopic (exact) mass is 194 g/mol. The molecule has 76 valence electrons. The molecule has 0 radical (unpaired) electrons. The molecule has 14 heavy (non-hydrogen) atoms. The summed E-state index contributed by atoms with van der Waals surface area (Å²) in [4.78, 5) is 10.4. The van der Waals surface area contributed by atoms with Gasteiger partial charge in [-0.05, 0) is 24.1 Å². The summed E-state index contributed by atoms with van der Waals surface area (Å²) in [5, 5.41) is 0. The van der Waals surface area contributed by atoms with Crippen LogP contribution in [0.25, 0.3) is 0 Å². The van der Waals surface area contributed by atoms with E-state index in [4.69, 9.17) is 16.2 Å². The van der Waals surface area contributed by atoms with Gasteiger partial charge in [-0.25, -0.2) is 4.79 Å². The molecule has 1 rings (SSSR count). The third kappa shape index (κ3) is 3.06. The maximum atomic E-state index is 10.4.